The topological polar surface area (TPSA) is 168 Å². The van der Waals surface area contributed by atoms with Crippen LogP contribution in [-0.4, -0.2) is 57.6 Å². The first-order chi connectivity index (χ1) is 16.4. The molecule has 2 atom stereocenters. The van der Waals surface area contributed by atoms with E-state index >= 15 is 0 Å². The number of para-hydroxylation sites is 1. The highest BCUT2D eigenvalue weighted by Gasteiger charge is 2.25. The molecular formula is C22H24ClN7O4. The Balaban J connectivity index is 1.85. The second-order valence-corrected chi connectivity index (χ2v) is 7.50. The molecule has 0 saturated heterocycles. The number of rotatable bonds is 11. The number of nitrogen functional groups attached to an aromatic ring is 1. The predicted octanol–water partition coefficient (Wildman–Crippen LogP) is 2.63. The molecule has 0 spiro atoms. The van der Waals surface area contributed by atoms with Crippen LogP contribution in [0.25, 0.3) is 0 Å². The number of anilines is 4. The lowest BCUT2D eigenvalue weighted by Crippen LogP contribution is -2.39. The van der Waals surface area contributed by atoms with Gasteiger partial charge in [-0.15, -0.1) is 0 Å². The van der Waals surface area contributed by atoms with Crippen molar-refractivity contribution >= 4 is 46.7 Å². The second-order valence-electron chi connectivity index (χ2n) is 7.09. The van der Waals surface area contributed by atoms with Crippen molar-refractivity contribution < 1.29 is 19.4 Å². The van der Waals surface area contributed by atoms with Crippen molar-refractivity contribution in [2.45, 2.75) is 19.1 Å². The maximum absolute atomic E-state index is 12.9. The van der Waals surface area contributed by atoms with Gasteiger partial charge in [0.2, 0.25) is 12.0 Å². The average Bonchev–Trinajstić information content (AvgIpc) is 2.84. The Bertz CT molecular complexity index is 1130. The van der Waals surface area contributed by atoms with Crippen LogP contribution in [0.4, 0.5) is 23.0 Å². The number of benzene rings is 1. The number of pyridine rings is 1. The van der Waals surface area contributed by atoms with E-state index in [-0.39, 0.29) is 36.3 Å². The molecule has 12 heteroatoms. The number of nitrogens with one attached hydrogen (secondary N) is 3. The van der Waals surface area contributed by atoms with E-state index < -0.39 is 18.1 Å². The summed E-state index contributed by atoms with van der Waals surface area (Å²) in [6.45, 7) is 1.21. The number of carbonyl (C=O) groups is 1. The molecule has 0 fully saturated rings. The summed E-state index contributed by atoms with van der Waals surface area (Å²) >= 11 is 6.21. The summed E-state index contributed by atoms with van der Waals surface area (Å²) in [5, 5.41) is 23.2. The van der Waals surface area contributed by atoms with Gasteiger partial charge in [-0.2, -0.15) is 0 Å². The lowest BCUT2D eigenvalue weighted by atomic mass is 10.2. The van der Waals surface area contributed by atoms with Crippen LogP contribution in [0.5, 0.6) is 5.88 Å². The summed E-state index contributed by atoms with van der Waals surface area (Å²) in [7, 11) is 0. The number of hydrogen-bond donors (Lipinski definition) is 5. The summed E-state index contributed by atoms with van der Waals surface area (Å²) in [5.41, 5.74) is 6.84. The highest BCUT2D eigenvalue weighted by atomic mass is 35.5. The lowest BCUT2D eigenvalue weighted by molar-refractivity contribution is -0.127. The van der Waals surface area contributed by atoms with Crippen LogP contribution in [0.1, 0.15) is 12.5 Å². The van der Waals surface area contributed by atoms with Gasteiger partial charge in [-0.3, -0.25) is 4.79 Å². The molecule has 0 radical (unpaired) electrons. The molecule has 1 aromatic carbocycles. The number of nitrogens with zero attached hydrogens (tertiary/aromatic N) is 3. The van der Waals surface area contributed by atoms with E-state index in [1.807, 2.05) is 0 Å². The first kappa shape index (κ1) is 24.8. The molecule has 0 saturated carbocycles. The van der Waals surface area contributed by atoms with E-state index in [1.165, 1.54) is 12.5 Å². The van der Waals surface area contributed by atoms with Crippen molar-refractivity contribution in [3.05, 3.63) is 59.5 Å². The standard InChI is InChI=1S/C22H24ClN7O4/c1-13(10-31)33-11-18(21(32)30-19-7-6-14(25)9-26-19)34-22-15(8-24)20(27-12-28-22)29-17-5-3-2-4-16(17)23/h2-9,12-13,18,24,31H,10-11,25H2,1H3,(H,26,30,32)(H,27,28,29). The van der Waals surface area contributed by atoms with Gasteiger partial charge in [0.1, 0.15) is 18.0 Å². The Morgan fingerprint density at radius 2 is 2.06 bits per heavy atom. The molecule has 34 heavy (non-hydrogen) atoms. The Kier molecular flexibility index (Phi) is 8.68. The second kappa shape index (κ2) is 11.9. The number of aliphatic hydroxyl groups excluding tert-OH is 1. The van der Waals surface area contributed by atoms with Gasteiger partial charge in [0.15, 0.2) is 0 Å². The third-order valence-electron chi connectivity index (χ3n) is 4.49. The molecule has 0 aliphatic carbocycles. The monoisotopic (exact) mass is 485 g/mol. The molecule has 2 unspecified atom stereocenters. The Morgan fingerprint density at radius 1 is 1.26 bits per heavy atom. The summed E-state index contributed by atoms with van der Waals surface area (Å²) < 4.78 is 11.4. The van der Waals surface area contributed by atoms with Gasteiger partial charge >= 0.3 is 0 Å². The van der Waals surface area contributed by atoms with Crippen LogP contribution in [0, 0.1) is 5.41 Å². The largest absolute Gasteiger partial charge is 0.461 e. The minimum absolute atomic E-state index is 0.0229. The zero-order valence-electron chi connectivity index (χ0n) is 18.2. The predicted molar refractivity (Wildman–Crippen MR) is 129 cm³/mol. The van der Waals surface area contributed by atoms with Crippen molar-refractivity contribution in [2.75, 3.05) is 29.6 Å². The van der Waals surface area contributed by atoms with Crippen LogP contribution < -0.4 is 21.1 Å². The van der Waals surface area contributed by atoms with Crippen LogP contribution in [0.3, 0.4) is 0 Å². The number of aliphatic hydroxyl groups is 1. The highest BCUT2D eigenvalue weighted by molar-refractivity contribution is 6.33. The fourth-order valence-electron chi connectivity index (χ4n) is 2.68. The Labute approximate surface area is 200 Å². The molecule has 0 aliphatic rings. The summed E-state index contributed by atoms with van der Waals surface area (Å²) in [6.07, 6.45) is 1.92. The average molecular weight is 486 g/mol. The van der Waals surface area contributed by atoms with Gasteiger partial charge in [-0.1, -0.05) is 23.7 Å². The highest BCUT2D eigenvalue weighted by Crippen LogP contribution is 2.28. The quantitative estimate of drug-likeness (QED) is 0.256. The molecule has 11 nitrogen and oxygen atoms in total. The van der Waals surface area contributed by atoms with Crippen molar-refractivity contribution in [3.63, 3.8) is 0 Å². The number of hydrogen-bond acceptors (Lipinski definition) is 10. The van der Waals surface area contributed by atoms with Crippen molar-refractivity contribution in [1.29, 1.82) is 5.41 Å². The normalized spacial score (nSPS) is 12.4. The number of nitrogens with two attached hydrogens (primary N) is 1. The maximum atomic E-state index is 12.9. The molecular weight excluding hydrogens is 462 g/mol. The SMILES string of the molecule is CC(CO)OCC(Oc1ncnc(Nc2ccccc2Cl)c1C=N)C(=O)Nc1ccc(N)cn1. The first-order valence-electron chi connectivity index (χ1n) is 10.2. The van der Waals surface area contributed by atoms with Gasteiger partial charge in [0, 0.05) is 6.21 Å². The number of carbonyl (C=O) groups excluding carboxylic acids is 1. The zero-order valence-corrected chi connectivity index (χ0v) is 19.0. The van der Waals surface area contributed by atoms with Gasteiger partial charge in [-0.25, -0.2) is 15.0 Å². The van der Waals surface area contributed by atoms with Gasteiger partial charge in [0.05, 0.1) is 47.5 Å². The number of ether oxygens (including phenoxy) is 2. The molecule has 6 N–H and O–H groups in total. The van der Waals surface area contributed by atoms with Crippen molar-refractivity contribution in [2.24, 2.45) is 0 Å². The third kappa shape index (κ3) is 6.61. The molecule has 2 aromatic heterocycles. The van der Waals surface area contributed by atoms with E-state index in [9.17, 15) is 9.90 Å². The van der Waals surface area contributed by atoms with Gasteiger partial charge < -0.3 is 36.4 Å². The third-order valence-corrected chi connectivity index (χ3v) is 4.82. The Morgan fingerprint density at radius 3 is 2.74 bits per heavy atom. The summed E-state index contributed by atoms with van der Waals surface area (Å²) in [5.74, 6) is -0.0704. The van der Waals surface area contributed by atoms with E-state index in [1.54, 1.807) is 43.3 Å². The smallest absolute Gasteiger partial charge is 0.269 e. The number of aromatic nitrogens is 3. The Hall–Kier alpha value is -3.80. The number of halogens is 1. The van der Waals surface area contributed by atoms with Crippen molar-refractivity contribution in [3.8, 4) is 5.88 Å². The summed E-state index contributed by atoms with van der Waals surface area (Å²) in [4.78, 5) is 25.2. The zero-order chi connectivity index (χ0) is 24.5. The molecule has 2 heterocycles. The molecule has 178 valence electrons. The fraction of sp³-hybridized carbons (Fsp3) is 0.227. The maximum Gasteiger partial charge on any atom is 0.269 e. The fourth-order valence-corrected chi connectivity index (χ4v) is 2.86. The van der Waals surface area contributed by atoms with Crippen LogP contribution in [-0.2, 0) is 9.53 Å². The van der Waals surface area contributed by atoms with E-state index in [0.717, 1.165) is 6.21 Å². The molecule has 3 rings (SSSR count). The molecule has 3 aromatic rings. The molecule has 0 bridgehead atoms. The number of amides is 1. The van der Waals surface area contributed by atoms with Gasteiger partial charge in [-0.05, 0) is 31.2 Å². The lowest BCUT2D eigenvalue weighted by Gasteiger charge is -2.21. The molecule has 1 amide bonds. The van der Waals surface area contributed by atoms with E-state index in [4.69, 9.17) is 32.2 Å². The summed E-state index contributed by atoms with van der Waals surface area (Å²) in [6, 6.07) is 10.2. The van der Waals surface area contributed by atoms with Gasteiger partial charge in [0.25, 0.3) is 5.91 Å². The first-order valence-corrected chi connectivity index (χ1v) is 10.6. The van der Waals surface area contributed by atoms with Crippen LogP contribution in [0.15, 0.2) is 48.9 Å². The van der Waals surface area contributed by atoms with Crippen molar-refractivity contribution in [1.82, 2.24) is 15.0 Å². The van der Waals surface area contributed by atoms with E-state index in [0.29, 0.717) is 16.4 Å². The minimum atomic E-state index is -1.19. The molecule has 0 aliphatic heterocycles. The minimum Gasteiger partial charge on any atom is -0.461 e. The van der Waals surface area contributed by atoms with Crippen LogP contribution in [0.2, 0.25) is 5.02 Å². The van der Waals surface area contributed by atoms with Crippen LogP contribution >= 0.6 is 11.6 Å². The van der Waals surface area contributed by atoms with E-state index in [2.05, 4.69) is 25.6 Å².